The van der Waals surface area contributed by atoms with E-state index in [9.17, 15) is 0 Å². The van der Waals surface area contributed by atoms with Crippen molar-refractivity contribution in [1.29, 1.82) is 0 Å². The Morgan fingerprint density at radius 1 is 1.05 bits per heavy atom. The van der Waals surface area contributed by atoms with Crippen LogP contribution in [0.4, 0.5) is 0 Å². The third kappa shape index (κ3) is 3.03. The zero-order valence-electron chi connectivity index (χ0n) is 11.3. The maximum absolute atomic E-state index is 4.29. The summed E-state index contributed by atoms with van der Waals surface area (Å²) >= 11 is 0. The molecule has 1 aromatic carbocycles. The van der Waals surface area contributed by atoms with E-state index in [4.69, 9.17) is 0 Å². The number of rotatable bonds is 4. The summed E-state index contributed by atoms with van der Waals surface area (Å²) in [4.78, 5) is 0. The molecular formula is C16H21N3. The van der Waals surface area contributed by atoms with Gasteiger partial charge in [-0.2, -0.15) is 0 Å². The number of hydrogen-bond acceptors (Lipinski definition) is 2. The molecule has 19 heavy (non-hydrogen) atoms. The van der Waals surface area contributed by atoms with Gasteiger partial charge in [0.15, 0.2) is 0 Å². The van der Waals surface area contributed by atoms with Gasteiger partial charge in [-0.25, -0.2) is 0 Å². The summed E-state index contributed by atoms with van der Waals surface area (Å²) in [5.41, 5.74) is 1.16. The van der Waals surface area contributed by atoms with E-state index in [-0.39, 0.29) is 0 Å². The minimum absolute atomic E-state index is 0.898. The second-order valence-electron chi connectivity index (χ2n) is 5.50. The average molecular weight is 255 g/mol. The molecule has 0 atom stereocenters. The Kier molecular flexibility index (Phi) is 3.92. The number of nitrogens with zero attached hydrogens (tertiary/aromatic N) is 3. The summed E-state index contributed by atoms with van der Waals surface area (Å²) in [6.45, 7) is 0. The molecule has 3 heteroatoms. The van der Waals surface area contributed by atoms with Crippen molar-refractivity contribution < 1.29 is 0 Å². The van der Waals surface area contributed by atoms with E-state index in [1.54, 1.807) is 0 Å². The minimum atomic E-state index is 0.898. The van der Waals surface area contributed by atoms with E-state index < -0.39 is 0 Å². The standard InChI is InChI=1S/C16H21N3/c1-3-7-14(8-4-1)11-12-16-18-17-13-19(16)15-9-5-2-6-10-15/h2,5-6,9-10,13-14H,1,3-4,7-8,11-12H2. The van der Waals surface area contributed by atoms with Crippen molar-refractivity contribution in [2.75, 3.05) is 0 Å². The van der Waals surface area contributed by atoms with Gasteiger partial charge >= 0.3 is 0 Å². The van der Waals surface area contributed by atoms with Crippen molar-refractivity contribution in [2.45, 2.75) is 44.9 Å². The Labute approximate surface area is 114 Å². The summed E-state index contributed by atoms with van der Waals surface area (Å²) in [5.74, 6) is 1.99. The molecule has 0 unspecified atom stereocenters. The monoisotopic (exact) mass is 255 g/mol. The van der Waals surface area contributed by atoms with Crippen molar-refractivity contribution in [3.05, 3.63) is 42.5 Å². The molecule has 0 aliphatic heterocycles. The molecule has 1 aliphatic rings. The van der Waals surface area contributed by atoms with Crippen LogP contribution in [-0.4, -0.2) is 14.8 Å². The third-order valence-corrected chi connectivity index (χ3v) is 4.15. The predicted molar refractivity (Wildman–Crippen MR) is 76.3 cm³/mol. The molecule has 1 saturated carbocycles. The van der Waals surface area contributed by atoms with Crippen molar-refractivity contribution in [2.24, 2.45) is 5.92 Å². The van der Waals surface area contributed by atoms with Crippen LogP contribution >= 0.6 is 0 Å². The Morgan fingerprint density at radius 3 is 2.63 bits per heavy atom. The molecule has 1 heterocycles. The molecule has 3 nitrogen and oxygen atoms in total. The molecule has 1 aromatic heterocycles. The van der Waals surface area contributed by atoms with Gasteiger partial charge in [-0.3, -0.25) is 4.57 Å². The van der Waals surface area contributed by atoms with Crippen LogP contribution in [0.3, 0.4) is 0 Å². The normalized spacial score (nSPS) is 16.6. The van der Waals surface area contributed by atoms with Gasteiger partial charge in [-0.1, -0.05) is 50.3 Å². The average Bonchev–Trinajstić information content (AvgIpc) is 2.95. The Balaban J connectivity index is 1.67. The van der Waals surface area contributed by atoms with Gasteiger partial charge in [-0.15, -0.1) is 10.2 Å². The molecule has 3 rings (SSSR count). The lowest BCUT2D eigenvalue weighted by Gasteiger charge is -2.21. The van der Waals surface area contributed by atoms with Gasteiger partial charge in [-0.05, 0) is 24.5 Å². The lowest BCUT2D eigenvalue weighted by Crippen LogP contribution is -2.09. The van der Waals surface area contributed by atoms with Crippen LogP contribution in [0.1, 0.15) is 44.3 Å². The van der Waals surface area contributed by atoms with Crippen LogP contribution < -0.4 is 0 Å². The van der Waals surface area contributed by atoms with E-state index >= 15 is 0 Å². The first-order valence-electron chi connectivity index (χ1n) is 7.38. The summed E-state index contributed by atoms with van der Waals surface area (Å²) in [6.07, 6.45) is 11.2. The number of benzene rings is 1. The maximum Gasteiger partial charge on any atom is 0.137 e. The van der Waals surface area contributed by atoms with Crippen molar-refractivity contribution in [3.8, 4) is 5.69 Å². The SMILES string of the molecule is c1ccc(-n2cnnc2CCC2CCCCC2)cc1. The molecule has 0 spiro atoms. The van der Waals surface area contributed by atoms with Gasteiger partial charge in [0, 0.05) is 12.1 Å². The van der Waals surface area contributed by atoms with E-state index in [2.05, 4.69) is 39.0 Å². The highest BCUT2D eigenvalue weighted by Crippen LogP contribution is 2.27. The van der Waals surface area contributed by atoms with Gasteiger partial charge in [0.25, 0.3) is 0 Å². The van der Waals surface area contributed by atoms with E-state index in [0.717, 1.165) is 23.9 Å². The van der Waals surface area contributed by atoms with E-state index in [1.807, 2.05) is 12.4 Å². The first-order valence-corrected chi connectivity index (χ1v) is 7.38. The van der Waals surface area contributed by atoms with Crippen LogP contribution in [-0.2, 0) is 6.42 Å². The van der Waals surface area contributed by atoms with E-state index in [1.165, 1.54) is 38.5 Å². The molecule has 100 valence electrons. The lowest BCUT2D eigenvalue weighted by atomic mass is 9.86. The predicted octanol–water partition coefficient (Wildman–Crippen LogP) is 3.78. The quantitative estimate of drug-likeness (QED) is 0.832. The fraction of sp³-hybridized carbons (Fsp3) is 0.500. The number of hydrogen-bond donors (Lipinski definition) is 0. The Morgan fingerprint density at radius 2 is 1.84 bits per heavy atom. The van der Waals surface area contributed by atoms with Gasteiger partial charge in [0.2, 0.25) is 0 Å². The summed E-state index contributed by atoms with van der Waals surface area (Å²) in [5, 5.41) is 8.37. The number of para-hydroxylation sites is 1. The van der Waals surface area contributed by atoms with Crippen molar-refractivity contribution in [1.82, 2.24) is 14.8 Å². The van der Waals surface area contributed by atoms with Crippen LogP contribution in [0.25, 0.3) is 5.69 Å². The minimum Gasteiger partial charge on any atom is -0.286 e. The smallest absolute Gasteiger partial charge is 0.137 e. The molecule has 0 bridgehead atoms. The molecule has 0 N–H and O–H groups in total. The molecule has 1 aliphatic carbocycles. The second-order valence-corrected chi connectivity index (χ2v) is 5.50. The zero-order valence-corrected chi connectivity index (χ0v) is 11.3. The molecule has 1 fully saturated rings. The summed E-state index contributed by atoms with van der Waals surface area (Å²) in [6, 6.07) is 10.4. The summed E-state index contributed by atoms with van der Waals surface area (Å²) in [7, 11) is 0. The molecule has 0 radical (unpaired) electrons. The fourth-order valence-corrected chi connectivity index (χ4v) is 3.04. The van der Waals surface area contributed by atoms with Crippen molar-refractivity contribution >= 4 is 0 Å². The molecule has 2 aromatic rings. The molecule has 0 saturated heterocycles. The Bertz CT molecular complexity index is 498. The van der Waals surface area contributed by atoms with Crippen LogP contribution in [0, 0.1) is 5.92 Å². The second kappa shape index (κ2) is 6.00. The number of aryl methyl sites for hydroxylation is 1. The van der Waals surface area contributed by atoms with Crippen molar-refractivity contribution in [3.63, 3.8) is 0 Å². The first-order chi connectivity index (χ1) is 9.43. The summed E-state index contributed by atoms with van der Waals surface area (Å²) < 4.78 is 2.11. The van der Waals surface area contributed by atoms with Crippen LogP contribution in [0.2, 0.25) is 0 Å². The largest absolute Gasteiger partial charge is 0.286 e. The molecule has 0 amide bonds. The lowest BCUT2D eigenvalue weighted by molar-refractivity contribution is 0.337. The zero-order chi connectivity index (χ0) is 12.9. The number of aromatic nitrogens is 3. The first kappa shape index (κ1) is 12.4. The van der Waals surface area contributed by atoms with Gasteiger partial charge in [0.1, 0.15) is 12.2 Å². The maximum atomic E-state index is 4.29. The highest BCUT2D eigenvalue weighted by molar-refractivity contribution is 5.31. The van der Waals surface area contributed by atoms with E-state index in [0.29, 0.717) is 0 Å². The fourth-order valence-electron chi connectivity index (χ4n) is 3.04. The van der Waals surface area contributed by atoms with Gasteiger partial charge < -0.3 is 0 Å². The van der Waals surface area contributed by atoms with Crippen LogP contribution in [0.15, 0.2) is 36.7 Å². The topological polar surface area (TPSA) is 30.7 Å². The highest BCUT2D eigenvalue weighted by Gasteiger charge is 2.15. The third-order valence-electron chi connectivity index (χ3n) is 4.15. The highest BCUT2D eigenvalue weighted by atomic mass is 15.3. The van der Waals surface area contributed by atoms with Crippen LogP contribution in [0.5, 0.6) is 0 Å². The Hall–Kier alpha value is -1.64. The molecular weight excluding hydrogens is 234 g/mol. The van der Waals surface area contributed by atoms with Gasteiger partial charge in [0.05, 0.1) is 0 Å².